The number of rotatable bonds is 6. The minimum Gasteiger partial charge on any atom is -0.384 e. The summed E-state index contributed by atoms with van der Waals surface area (Å²) >= 11 is 0. The first kappa shape index (κ1) is 24.1. The molecule has 6 nitrogen and oxygen atoms in total. The van der Waals surface area contributed by atoms with Crippen LogP contribution < -0.4 is 10.6 Å². The molecule has 1 unspecified atom stereocenters. The summed E-state index contributed by atoms with van der Waals surface area (Å²) in [6.45, 7) is 8.37. The van der Waals surface area contributed by atoms with E-state index in [-0.39, 0.29) is 5.56 Å². The van der Waals surface area contributed by atoms with Crippen molar-refractivity contribution in [2.45, 2.75) is 45.3 Å². The average Bonchev–Trinajstić information content (AvgIpc) is 2.65. The predicted molar refractivity (Wildman–Crippen MR) is 120 cm³/mol. The molecule has 0 aliphatic rings. The zero-order valence-electron chi connectivity index (χ0n) is 18.7. The maximum atomic E-state index is 15.2. The summed E-state index contributed by atoms with van der Waals surface area (Å²) < 4.78 is 56.9. The Morgan fingerprint density at radius 2 is 1.84 bits per heavy atom. The number of alkyl halides is 2. The molecule has 1 aromatic carbocycles. The van der Waals surface area contributed by atoms with Crippen molar-refractivity contribution in [2.75, 3.05) is 18.6 Å². The third-order valence-corrected chi connectivity index (χ3v) is 6.71. The molecule has 0 bridgehead atoms. The van der Waals surface area contributed by atoms with E-state index in [1.54, 1.807) is 33.2 Å². The summed E-state index contributed by atoms with van der Waals surface area (Å²) in [6.07, 6.45) is 1.50. The Morgan fingerprint density at radius 3 is 2.44 bits per heavy atom. The first-order valence-corrected chi connectivity index (χ1v) is 12.6. The molecule has 0 radical (unpaired) electrons. The quantitative estimate of drug-likeness (QED) is 0.510. The van der Waals surface area contributed by atoms with Crippen molar-refractivity contribution in [3.63, 3.8) is 0 Å². The number of hydrogen-bond donors (Lipinski definition) is 2. The van der Waals surface area contributed by atoms with Crippen LogP contribution in [0.25, 0.3) is 11.0 Å². The molecule has 0 saturated heterocycles. The van der Waals surface area contributed by atoms with Crippen LogP contribution in [0.2, 0.25) is 0 Å². The number of fused-ring (bicyclic) bond motifs is 1. The van der Waals surface area contributed by atoms with Crippen molar-refractivity contribution in [1.29, 1.82) is 0 Å². The number of aliphatic hydroxyl groups is 1. The molecule has 10 heteroatoms. The van der Waals surface area contributed by atoms with Gasteiger partial charge in [0.15, 0.2) is 5.65 Å². The molecule has 0 aliphatic heterocycles. The Hall–Kier alpha value is -2.51. The van der Waals surface area contributed by atoms with Crippen molar-refractivity contribution in [3.8, 4) is 0 Å². The zero-order chi connectivity index (χ0) is 24.1. The minimum absolute atomic E-state index is 0.0170. The fraction of sp³-hybridized carbons (Fsp3) is 0.409. The van der Waals surface area contributed by atoms with Gasteiger partial charge in [-0.15, -0.1) is 0 Å². The van der Waals surface area contributed by atoms with Gasteiger partial charge in [0.25, 0.3) is 0 Å². The van der Waals surface area contributed by atoms with Gasteiger partial charge in [-0.05, 0) is 53.2 Å². The van der Waals surface area contributed by atoms with Gasteiger partial charge in [0.2, 0.25) is 0 Å². The number of anilines is 1. The Bertz CT molecular complexity index is 1220. The molecule has 32 heavy (non-hydrogen) atoms. The summed E-state index contributed by atoms with van der Waals surface area (Å²) in [6, 6.07) is 4.59. The molecular formula is C22H26F3N4O2P. The second-order valence-electron chi connectivity index (χ2n) is 8.74. The molecule has 0 aliphatic carbocycles. The van der Waals surface area contributed by atoms with E-state index in [1.807, 2.05) is 0 Å². The molecule has 1 atom stereocenters. The fourth-order valence-corrected chi connectivity index (χ4v) is 4.03. The highest BCUT2D eigenvalue weighted by atomic mass is 31.2. The van der Waals surface area contributed by atoms with E-state index in [0.29, 0.717) is 28.0 Å². The molecule has 3 aromatic rings. The summed E-state index contributed by atoms with van der Waals surface area (Å²) in [5.74, 6) is -4.18. The van der Waals surface area contributed by atoms with Crippen LogP contribution in [0.3, 0.4) is 0 Å². The van der Waals surface area contributed by atoms with Crippen LogP contribution in [0.15, 0.2) is 30.5 Å². The summed E-state index contributed by atoms with van der Waals surface area (Å²) in [4.78, 5) is 12.9. The monoisotopic (exact) mass is 466 g/mol. The smallest absolute Gasteiger partial charge is 0.303 e. The van der Waals surface area contributed by atoms with E-state index >= 15 is 4.39 Å². The Morgan fingerprint density at radius 1 is 1.19 bits per heavy atom. The number of pyridine rings is 1. The number of benzene rings is 1. The summed E-state index contributed by atoms with van der Waals surface area (Å²) in [7, 11) is -2.61. The maximum absolute atomic E-state index is 15.2. The lowest BCUT2D eigenvalue weighted by Crippen LogP contribution is -2.41. The minimum atomic E-state index is -3.80. The number of nitrogens with one attached hydrogen (secondary N) is 1. The third kappa shape index (κ3) is 4.50. The van der Waals surface area contributed by atoms with Gasteiger partial charge >= 0.3 is 5.92 Å². The van der Waals surface area contributed by atoms with Gasteiger partial charge < -0.3 is 15.0 Å². The largest absolute Gasteiger partial charge is 0.384 e. The van der Waals surface area contributed by atoms with E-state index < -0.39 is 36.1 Å². The van der Waals surface area contributed by atoms with Crippen LogP contribution in [-0.4, -0.2) is 39.0 Å². The van der Waals surface area contributed by atoms with Crippen molar-refractivity contribution in [1.82, 2.24) is 15.0 Å². The normalized spacial score (nSPS) is 13.9. The van der Waals surface area contributed by atoms with Crippen molar-refractivity contribution in [2.24, 2.45) is 0 Å². The Kier molecular flexibility index (Phi) is 6.13. The number of aryl methyl sites for hydroxylation is 1. The molecule has 0 saturated carbocycles. The number of nitrogens with zero attached hydrogens (tertiary/aromatic N) is 3. The molecule has 2 heterocycles. The highest BCUT2D eigenvalue weighted by Crippen LogP contribution is 2.41. The van der Waals surface area contributed by atoms with Crippen molar-refractivity contribution in [3.05, 3.63) is 53.2 Å². The second-order valence-corrected chi connectivity index (χ2v) is 12.0. The molecule has 172 valence electrons. The second kappa shape index (κ2) is 8.12. The molecule has 0 fully saturated rings. The highest BCUT2D eigenvalue weighted by Gasteiger charge is 2.49. The topological polar surface area (TPSA) is 88.0 Å². The zero-order valence-corrected chi connectivity index (χ0v) is 19.6. The van der Waals surface area contributed by atoms with Crippen LogP contribution in [0, 0.1) is 12.7 Å². The van der Waals surface area contributed by atoms with E-state index in [4.69, 9.17) is 0 Å². The molecule has 0 amide bonds. The lowest BCUT2D eigenvalue weighted by atomic mass is 9.91. The van der Waals surface area contributed by atoms with E-state index in [0.717, 1.165) is 19.9 Å². The number of hydrogen-bond acceptors (Lipinski definition) is 6. The van der Waals surface area contributed by atoms with Gasteiger partial charge in [0, 0.05) is 17.1 Å². The maximum Gasteiger partial charge on any atom is 0.303 e. The van der Waals surface area contributed by atoms with Gasteiger partial charge in [0.1, 0.15) is 30.2 Å². The van der Waals surface area contributed by atoms with Crippen LogP contribution in [0.1, 0.15) is 43.8 Å². The van der Waals surface area contributed by atoms with Gasteiger partial charge in [0.05, 0.1) is 17.0 Å². The molecule has 0 spiro atoms. The van der Waals surface area contributed by atoms with Gasteiger partial charge in [-0.1, -0.05) is 12.1 Å². The average molecular weight is 466 g/mol. The molecule has 3 rings (SSSR count). The first-order valence-electron chi connectivity index (χ1n) is 9.98. The lowest BCUT2D eigenvalue weighted by Gasteiger charge is -2.30. The summed E-state index contributed by atoms with van der Waals surface area (Å²) in [5, 5.41) is 13.9. The van der Waals surface area contributed by atoms with Crippen LogP contribution in [0.4, 0.5) is 19.0 Å². The molecule has 2 N–H and O–H groups in total. The lowest BCUT2D eigenvalue weighted by molar-refractivity contribution is -0.170. The van der Waals surface area contributed by atoms with E-state index in [2.05, 4.69) is 20.3 Å². The third-order valence-electron chi connectivity index (χ3n) is 5.23. The van der Waals surface area contributed by atoms with E-state index in [1.165, 1.54) is 18.3 Å². The highest BCUT2D eigenvalue weighted by molar-refractivity contribution is 7.70. The Labute approximate surface area is 184 Å². The Balaban J connectivity index is 2.07. The fourth-order valence-electron chi connectivity index (χ4n) is 3.25. The van der Waals surface area contributed by atoms with E-state index in [9.17, 15) is 18.5 Å². The summed E-state index contributed by atoms with van der Waals surface area (Å²) in [5.41, 5.74) is -2.98. The van der Waals surface area contributed by atoms with Crippen molar-refractivity contribution >= 4 is 29.3 Å². The van der Waals surface area contributed by atoms with Crippen LogP contribution in [-0.2, 0) is 10.5 Å². The number of halogens is 3. The molecular weight excluding hydrogens is 440 g/mol. The van der Waals surface area contributed by atoms with Crippen LogP contribution >= 0.6 is 7.14 Å². The van der Waals surface area contributed by atoms with Gasteiger partial charge in [-0.2, -0.15) is 8.78 Å². The predicted octanol–water partition coefficient (Wildman–Crippen LogP) is 4.76. The van der Waals surface area contributed by atoms with Crippen molar-refractivity contribution < 1.29 is 22.8 Å². The van der Waals surface area contributed by atoms with Gasteiger partial charge in [-0.25, -0.2) is 19.3 Å². The molecule has 2 aromatic heterocycles. The SMILES string of the molecule is Cc1nc(NC(C)c2cccc(C(F)(F)C(C)(C)O)c2F)c2cc(P(C)(C)=O)cnc2n1. The standard InChI is InChI=1S/C22H26F3N4O2P/c1-12(15-8-7-9-17(18(15)23)22(24,25)21(3,4)30)27-20-16-10-14(32(5,6)31)11-26-19(16)28-13(2)29-20/h7-12,30H,1-6H3,(H,26,27,28,29). The van der Waals surface area contributed by atoms with Gasteiger partial charge in [-0.3, -0.25) is 0 Å². The van der Waals surface area contributed by atoms with Crippen LogP contribution in [0.5, 0.6) is 0 Å². The number of aromatic nitrogens is 3. The first-order chi connectivity index (χ1) is 14.6.